The summed E-state index contributed by atoms with van der Waals surface area (Å²) in [5, 5.41) is 0. The second-order valence-corrected chi connectivity index (χ2v) is 3.21. The van der Waals surface area contributed by atoms with E-state index in [-0.39, 0.29) is 0 Å². The van der Waals surface area contributed by atoms with Crippen LogP contribution in [0.4, 0.5) is 0 Å². The second kappa shape index (κ2) is 22.4. The third-order valence-corrected chi connectivity index (χ3v) is 1.32. The summed E-state index contributed by atoms with van der Waals surface area (Å²) < 4.78 is 0. The Hall–Kier alpha value is -0.260. The SMILES string of the molecule is C=CC.CCC(C)C.CCCC. The maximum Gasteiger partial charge on any atom is -0.0473 e. The number of hydrogen-bond acceptors (Lipinski definition) is 0. The van der Waals surface area contributed by atoms with Crippen molar-refractivity contribution < 1.29 is 0 Å². The van der Waals surface area contributed by atoms with Crippen molar-refractivity contribution in [3.63, 3.8) is 0 Å². The molecule has 0 nitrogen and oxygen atoms in total. The van der Waals surface area contributed by atoms with Crippen LogP contribution >= 0.6 is 0 Å². The van der Waals surface area contributed by atoms with Crippen molar-refractivity contribution in [1.82, 2.24) is 0 Å². The molecule has 0 radical (unpaired) electrons. The summed E-state index contributed by atoms with van der Waals surface area (Å²) in [5.41, 5.74) is 0. The van der Waals surface area contributed by atoms with Gasteiger partial charge in [0, 0.05) is 0 Å². The average Bonchev–Trinajstić information content (AvgIpc) is 2.06. The van der Waals surface area contributed by atoms with Crippen molar-refractivity contribution in [3.05, 3.63) is 12.7 Å². The molecule has 0 unspecified atom stereocenters. The molecule has 0 saturated carbocycles. The number of rotatable bonds is 2. The molecule has 0 spiro atoms. The average molecular weight is 172 g/mol. The Morgan fingerprint density at radius 1 is 1.08 bits per heavy atom. The third kappa shape index (κ3) is 99.1. The van der Waals surface area contributed by atoms with E-state index in [2.05, 4.69) is 41.2 Å². The molecule has 0 aromatic heterocycles. The first-order chi connectivity index (χ1) is 5.60. The molecule has 0 amide bonds. The molecule has 0 bridgehead atoms. The van der Waals surface area contributed by atoms with Gasteiger partial charge in [-0.05, 0) is 12.8 Å². The van der Waals surface area contributed by atoms with Crippen molar-refractivity contribution in [2.24, 2.45) is 5.92 Å². The van der Waals surface area contributed by atoms with Crippen molar-refractivity contribution in [2.75, 3.05) is 0 Å². The highest BCUT2D eigenvalue weighted by Crippen LogP contribution is 1.93. The predicted molar refractivity (Wildman–Crippen MR) is 61.6 cm³/mol. The topological polar surface area (TPSA) is 0 Å². The van der Waals surface area contributed by atoms with Crippen LogP contribution < -0.4 is 0 Å². The number of hydrogen-bond donors (Lipinski definition) is 0. The van der Waals surface area contributed by atoms with E-state index in [1.807, 2.05) is 6.92 Å². The fourth-order valence-corrected chi connectivity index (χ4v) is 0. The van der Waals surface area contributed by atoms with Gasteiger partial charge in [-0.25, -0.2) is 0 Å². The van der Waals surface area contributed by atoms with Crippen LogP contribution in [0.5, 0.6) is 0 Å². The van der Waals surface area contributed by atoms with Crippen molar-refractivity contribution in [3.8, 4) is 0 Å². The van der Waals surface area contributed by atoms with Gasteiger partial charge < -0.3 is 0 Å². The van der Waals surface area contributed by atoms with Crippen LogP contribution in [0.1, 0.15) is 60.8 Å². The molecule has 76 valence electrons. The molecule has 0 heteroatoms. The largest absolute Gasteiger partial charge is 0.103 e. The smallest absolute Gasteiger partial charge is 0.0473 e. The first-order valence-corrected chi connectivity index (χ1v) is 5.17. The van der Waals surface area contributed by atoms with E-state index in [0.717, 1.165) is 5.92 Å². The van der Waals surface area contributed by atoms with Crippen LogP contribution in [0, 0.1) is 5.92 Å². The molecule has 0 atom stereocenters. The minimum absolute atomic E-state index is 0.884. The summed E-state index contributed by atoms with van der Waals surface area (Å²) in [7, 11) is 0. The summed E-state index contributed by atoms with van der Waals surface area (Å²) >= 11 is 0. The Kier molecular flexibility index (Phi) is 33.1. The third-order valence-electron chi connectivity index (χ3n) is 1.32. The van der Waals surface area contributed by atoms with Gasteiger partial charge in [-0.15, -0.1) is 6.58 Å². The molecule has 0 fully saturated rings. The lowest BCUT2D eigenvalue weighted by molar-refractivity contribution is 0.626. The Morgan fingerprint density at radius 3 is 1.25 bits per heavy atom. The Bertz CT molecular complexity index is 51.1. The lowest BCUT2D eigenvalue weighted by Crippen LogP contribution is -1.77. The van der Waals surface area contributed by atoms with Gasteiger partial charge in [-0.2, -0.15) is 0 Å². The molecule has 0 N–H and O–H groups in total. The van der Waals surface area contributed by atoms with Gasteiger partial charge in [-0.3, -0.25) is 0 Å². The molecule has 0 heterocycles. The van der Waals surface area contributed by atoms with Gasteiger partial charge in [0.25, 0.3) is 0 Å². The summed E-state index contributed by atoms with van der Waals surface area (Å²) in [6.45, 7) is 16.3. The van der Waals surface area contributed by atoms with Crippen LogP contribution in [-0.4, -0.2) is 0 Å². The highest BCUT2D eigenvalue weighted by molar-refractivity contribution is 4.51. The van der Waals surface area contributed by atoms with Gasteiger partial charge in [0.05, 0.1) is 0 Å². The van der Waals surface area contributed by atoms with Crippen molar-refractivity contribution in [1.29, 1.82) is 0 Å². The fourth-order valence-electron chi connectivity index (χ4n) is 0. The van der Waals surface area contributed by atoms with Gasteiger partial charge in [0.2, 0.25) is 0 Å². The van der Waals surface area contributed by atoms with Crippen LogP contribution in [0.2, 0.25) is 0 Å². The minimum atomic E-state index is 0.884. The summed E-state index contributed by atoms with van der Waals surface area (Å²) in [4.78, 5) is 0. The number of unbranched alkanes of at least 4 members (excludes halogenated alkanes) is 1. The molecule has 0 aliphatic rings. The normalized spacial score (nSPS) is 7.58. The van der Waals surface area contributed by atoms with Crippen LogP contribution in [0.3, 0.4) is 0 Å². The van der Waals surface area contributed by atoms with Crippen molar-refractivity contribution in [2.45, 2.75) is 60.8 Å². The molecular formula is C12H28. The zero-order valence-corrected chi connectivity index (χ0v) is 9.98. The zero-order valence-electron chi connectivity index (χ0n) is 9.98. The maximum absolute atomic E-state index is 3.36. The van der Waals surface area contributed by atoms with Gasteiger partial charge in [0.1, 0.15) is 0 Å². The zero-order chi connectivity index (χ0) is 10.4. The molecule has 0 rings (SSSR count). The standard InChI is InChI=1S/C5H12.C4H10.C3H6/c1-4-5(2)3;1-3-4-2;1-3-2/h5H,4H2,1-3H3;3-4H2,1-2H3;3H,1H2,2H3. The quantitative estimate of drug-likeness (QED) is 0.511. The van der Waals surface area contributed by atoms with Crippen LogP contribution in [0.25, 0.3) is 0 Å². The summed E-state index contributed by atoms with van der Waals surface area (Å²) in [6, 6.07) is 0. The van der Waals surface area contributed by atoms with Crippen LogP contribution in [-0.2, 0) is 0 Å². The van der Waals surface area contributed by atoms with Gasteiger partial charge >= 0.3 is 0 Å². The number of allylic oxidation sites excluding steroid dienone is 1. The van der Waals surface area contributed by atoms with E-state index >= 15 is 0 Å². The van der Waals surface area contributed by atoms with E-state index < -0.39 is 0 Å². The van der Waals surface area contributed by atoms with E-state index in [9.17, 15) is 0 Å². The van der Waals surface area contributed by atoms with Gasteiger partial charge in [0.15, 0.2) is 0 Å². The first kappa shape index (κ1) is 17.7. The maximum atomic E-state index is 3.36. The molecule has 0 aliphatic heterocycles. The highest BCUT2D eigenvalue weighted by atomic mass is 13.9. The van der Waals surface area contributed by atoms with Crippen molar-refractivity contribution >= 4 is 0 Å². The lowest BCUT2D eigenvalue weighted by Gasteiger charge is -1.90. The second-order valence-electron chi connectivity index (χ2n) is 3.21. The van der Waals surface area contributed by atoms with Crippen LogP contribution in [0.15, 0.2) is 12.7 Å². The Labute approximate surface area is 80.1 Å². The monoisotopic (exact) mass is 172 g/mol. The van der Waals surface area contributed by atoms with E-state index in [1.54, 1.807) is 6.08 Å². The molecule has 0 aliphatic carbocycles. The van der Waals surface area contributed by atoms with E-state index in [0.29, 0.717) is 0 Å². The predicted octanol–water partition coefficient (Wildman–Crippen LogP) is 5.05. The molecule has 0 saturated heterocycles. The molecule has 12 heavy (non-hydrogen) atoms. The minimum Gasteiger partial charge on any atom is -0.103 e. The lowest BCUT2D eigenvalue weighted by atomic mass is 10.2. The molecule has 0 aromatic rings. The summed E-state index contributed by atoms with van der Waals surface area (Å²) in [5.74, 6) is 0.884. The highest BCUT2D eigenvalue weighted by Gasteiger charge is 1.80. The molecule has 0 aromatic carbocycles. The Morgan fingerprint density at radius 2 is 1.25 bits per heavy atom. The van der Waals surface area contributed by atoms with Gasteiger partial charge in [-0.1, -0.05) is 60.0 Å². The summed E-state index contributed by atoms with van der Waals surface area (Å²) in [6.07, 6.45) is 5.69. The fraction of sp³-hybridized carbons (Fsp3) is 0.833. The van der Waals surface area contributed by atoms with E-state index in [4.69, 9.17) is 0 Å². The Balaban J connectivity index is -0.000000105. The van der Waals surface area contributed by atoms with E-state index in [1.165, 1.54) is 19.3 Å². The first-order valence-electron chi connectivity index (χ1n) is 5.17. The molecular weight excluding hydrogens is 144 g/mol.